The molecule has 6 N–H and O–H groups in total. The molecule has 0 saturated carbocycles. The molecule has 4 rings (SSSR count). The quantitative estimate of drug-likeness (QED) is 0.326. The van der Waals surface area contributed by atoms with Crippen LogP contribution in [0.15, 0.2) is 45.6 Å². The second kappa shape index (κ2) is 7.18. The van der Waals surface area contributed by atoms with Crippen LogP contribution >= 0.6 is 0 Å². The maximum atomic E-state index is 12.5. The molecule has 0 spiro atoms. The first-order valence-electron chi connectivity index (χ1n) is 8.85. The van der Waals surface area contributed by atoms with Crippen LogP contribution in [0.3, 0.4) is 0 Å². The van der Waals surface area contributed by atoms with E-state index < -0.39 is 48.1 Å². The average Bonchev–Trinajstić information content (AvgIpc) is 3.01. The van der Waals surface area contributed by atoms with E-state index in [1.165, 1.54) is 24.3 Å². The number of rotatable bonds is 4. The fourth-order valence-corrected chi connectivity index (χ4v) is 3.15. The monoisotopic (exact) mass is 418 g/mol. The average molecular weight is 418 g/mol. The van der Waals surface area contributed by atoms with E-state index in [9.17, 15) is 35.4 Å². The molecule has 0 unspecified atom stereocenters. The van der Waals surface area contributed by atoms with Gasteiger partial charge in [-0.05, 0) is 24.3 Å². The predicted octanol–water partition coefficient (Wildman–Crippen LogP) is 0.396. The van der Waals surface area contributed by atoms with Gasteiger partial charge in [-0.3, -0.25) is 4.79 Å². The van der Waals surface area contributed by atoms with Crippen LogP contribution in [-0.4, -0.2) is 61.8 Å². The second-order valence-corrected chi connectivity index (χ2v) is 6.97. The molecule has 10 nitrogen and oxygen atoms in total. The SMILES string of the molecule is O=c1cc(-c2ccc(O)cc2)oc2cc(O[C@@H]3OC[C@](O)(CO)[C@H]3O)c(O)c(O)c12. The highest BCUT2D eigenvalue weighted by atomic mass is 16.7. The molecule has 158 valence electrons. The molecule has 1 fully saturated rings. The summed E-state index contributed by atoms with van der Waals surface area (Å²) < 4.78 is 16.1. The Hall–Kier alpha value is -3.31. The van der Waals surface area contributed by atoms with Crippen LogP contribution in [-0.2, 0) is 4.74 Å². The molecule has 10 heteroatoms. The van der Waals surface area contributed by atoms with E-state index in [-0.39, 0.29) is 28.2 Å². The van der Waals surface area contributed by atoms with Crippen molar-refractivity contribution in [2.45, 2.75) is 18.0 Å². The molecular formula is C20H18O10. The van der Waals surface area contributed by atoms with Gasteiger partial charge in [0.25, 0.3) is 0 Å². The van der Waals surface area contributed by atoms with Crippen molar-refractivity contribution in [3.05, 3.63) is 46.6 Å². The zero-order chi connectivity index (χ0) is 21.6. The highest BCUT2D eigenvalue weighted by molar-refractivity contribution is 5.89. The first-order valence-corrected chi connectivity index (χ1v) is 8.85. The van der Waals surface area contributed by atoms with E-state index in [2.05, 4.69) is 0 Å². The summed E-state index contributed by atoms with van der Waals surface area (Å²) in [6.45, 7) is -1.20. The van der Waals surface area contributed by atoms with Gasteiger partial charge in [0, 0.05) is 17.7 Å². The zero-order valence-electron chi connectivity index (χ0n) is 15.3. The Morgan fingerprint density at radius 1 is 1.10 bits per heavy atom. The Kier molecular flexibility index (Phi) is 4.79. The first kappa shape index (κ1) is 20.0. The molecule has 0 radical (unpaired) electrons. The van der Waals surface area contributed by atoms with Gasteiger partial charge in [-0.25, -0.2) is 0 Å². The standard InChI is InChI=1S/C20H18O10/c21-7-20(27)8-28-19(18(20)26)30-14-6-13-15(17(25)16(14)24)11(23)5-12(29-13)9-1-3-10(22)4-2-9/h1-6,18-19,21-22,24-27H,7-8H2/t18-,19-,20+/m0/s1. The lowest BCUT2D eigenvalue weighted by Crippen LogP contribution is -2.48. The van der Waals surface area contributed by atoms with Gasteiger partial charge in [-0.1, -0.05) is 0 Å². The Labute approximate surface area is 168 Å². The van der Waals surface area contributed by atoms with Gasteiger partial charge >= 0.3 is 0 Å². The molecule has 1 aliphatic rings. The summed E-state index contributed by atoms with van der Waals surface area (Å²) in [5.74, 6) is -1.80. The molecule has 1 saturated heterocycles. The Balaban J connectivity index is 1.77. The van der Waals surface area contributed by atoms with E-state index in [4.69, 9.17) is 13.9 Å². The minimum Gasteiger partial charge on any atom is -0.508 e. The highest BCUT2D eigenvalue weighted by Crippen LogP contribution is 2.42. The smallest absolute Gasteiger partial charge is 0.229 e. The Bertz CT molecular complexity index is 1150. The number of phenols is 3. The van der Waals surface area contributed by atoms with Crippen LogP contribution in [0.25, 0.3) is 22.3 Å². The van der Waals surface area contributed by atoms with E-state index in [1.54, 1.807) is 0 Å². The minimum atomic E-state index is -1.95. The van der Waals surface area contributed by atoms with Crippen LogP contribution in [0.4, 0.5) is 0 Å². The third-order valence-electron chi connectivity index (χ3n) is 4.91. The number of fused-ring (bicyclic) bond motifs is 1. The van der Waals surface area contributed by atoms with E-state index >= 15 is 0 Å². The number of benzene rings is 2. The summed E-state index contributed by atoms with van der Waals surface area (Å²) in [6.07, 6.45) is -3.10. The third-order valence-corrected chi connectivity index (χ3v) is 4.91. The predicted molar refractivity (Wildman–Crippen MR) is 101 cm³/mol. The van der Waals surface area contributed by atoms with Gasteiger partial charge in [0.2, 0.25) is 12.0 Å². The van der Waals surface area contributed by atoms with Crippen LogP contribution < -0.4 is 10.2 Å². The molecule has 0 bridgehead atoms. The van der Waals surface area contributed by atoms with Gasteiger partial charge in [0.1, 0.15) is 34.2 Å². The van der Waals surface area contributed by atoms with E-state index in [1.807, 2.05) is 0 Å². The fourth-order valence-electron chi connectivity index (χ4n) is 3.15. The molecule has 0 aliphatic carbocycles. The normalized spacial score (nSPS) is 23.7. The molecule has 2 heterocycles. The molecule has 3 aromatic rings. The maximum Gasteiger partial charge on any atom is 0.229 e. The number of hydrogen-bond donors (Lipinski definition) is 6. The fraction of sp³-hybridized carbons (Fsp3) is 0.250. The topological polar surface area (TPSA) is 170 Å². The lowest BCUT2D eigenvalue weighted by molar-refractivity contribution is -0.116. The summed E-state index contributed by atoms with van der Waals surface area (Å²) in [4.78, 5) is 12.5. The molecule has 30 heavy (non-hydrogen) atoms. The van der Waals surface area contributed by atoms with Gasteiger partial charge in [-0.15, -0.1) is 0 Å². The van der Waals surface area contributed by atoms with Crippen molar-refractivity contribution in [3.63, 3.8) is 0 Å². The Morgan fingerprint density at radius 3 is 2.43 bits per heavy atom. The summed E-state index contributed by atoms with van der Waals surface area (Å²) in [5.41, 5.74) is -2.23. The summed E-state index contributed by atoms with van der Waals surface area (Å²) >= 11 is 0. The minimum absolute atomic E-state index is 0.0260. The van der Waals surface area contributed by atoms with E-state index in [0.29, 0.717) is 5.56 Å². The van der Waals surface area contributed by atoms with Crippen LogP contribution in [0.1, 0.15) is 0 Å². The van der Waals surface area contributed by atoms with Gasteiger partial charge in [0.05, 0.1) is 13.2 Å². The summed E-state index contributed by atoms with van der Waals surface area (Å²) in [6, 6.07) is 8.11. The summed E-state index contributed by atoms with van der Waals surface area (Å²) in [5, 5.41) is 59.0. The Morgan fingerprint density at radius 2 is 1.80 bits per heavy atom. The van der Waals surface area contributed by atoms with Crippen LogP contribution in [0.5, 0.6) is 23.0 Å². The number of ether oxygens (including phenoxy) is 2. The first-order chi connectivity index (χ1) is 14.2. The van der Waals surface area contributed by atoms with Gasteiger partial charge in [-0.2, -0.15) is 0 Å². The molecule has 1 aliphatic heterocycles. The molecule has 1 aromatic heterocycles. The van der Waals surface area contributed by atoms with Crippen molar-refractivity contribution < 1.29 is 44.5 Å². The number of phenolic OH excluding ortho intramolecular Hbond substituents is 3. The maximum absolute atomic E-state index is 12.5. The van der Waals surface area contributed by atoms with Crippen molar-refractivity contribution in [2.75, 3.05) is 13.2 Å². The lowest BCUT2D eigenvalue weighted by Gasteiger charge is -2.24. The number of aromatic hydroxyl groups is 3. The highest BCUT2D eigenvalue weighted by Gasteiger charge is 2.49. The van der Waals surface area contributed by atoms with Gasteiger partial charge < -0.3 is 44.5 Å². The molecule has 2 aromatic carbocycles. The number of aliphatic hydroxyl groups excluding tert-OH is 2. The van der Waals surface area contributed by atoms with Crippen LogP contribution in [0.2, 0.25) is 0 Å². The number of aliphatic hydroxyl groups is 3. The lowest BCUT2D eigenvalue weighted by atomic mass is 10.0. The van der Waals surface area contributed by atoms with Gasteiger partial charge in [0.15, 0.2) is 16.9 Å². The number of hydrogen-bond acceptors (Lipinski definition) is 10. The molecule has 3 atom stereocenters. The van der Waals surface area contributed by atoms with E-state index in [0.717, 1.165) is 12.1 Å². The zero-order valence-corrected chi connectivity index (χ0v) is 15.3. The largest absolute Gasteiger partial charge is 0.508 e. The molecule has 0 amide bonds. The van der Waals surface area contributed by atoms with Crippen LogP contribution in [0, 0.1) is 0 Å². The van der Waals surface area contributed by atoms with Crippen molar-refractivity contribution in [3.8, 4) is 34.3 Å². The van der Waals surface area contributed by atoms with Crippen molar-refractivity contribution in [2.24, 2.45) is 0 Å². The van der Waals surface area contributed by atoms with Crippen molar-refractivity contribution in [1.29, 1.82) is 0 Å². The summed E-state index contributed by atoms with van der Waals surface area (Å²) in [7, 11) is 0. The van der Waals surface area contributed by atoms with Crippen molar-refractivity contribution in [1.82, 2.24) is 0 Å². The third kappa shape index (κ3) is 3.21. The molecular weight excluding hydrogens is 400 g/mol. The van der Waals surface area contributed by atoms with Crippen molar-refractivity contribution >= 4 is 11.0 Å². The second-order valence-electron chi connectivity index (χ2n) is 6.97.